The fourth-order valence-corrected chi connectivity index (χ4v) is 2.84. The maximum absolute atomic E-state index is 10.1. The molecule has 0 saturated carbocycles. The van der Waals surface area contributed by atoms with Crippen LogP contribution < -0.4 is 21.2 Å². The van der Waals surface area contributed by atoms with Crippen LogP contribution in [0.2, 0.25) is 0 Å². The van der Waals surface area contributed by atoms with Gasteiger partial charge in [0, 0.05) is 0 Å². The quantitative estimate of drug-likeness (QED) is 0.487. The van der Waals surface area contributed by atoms with Crippen molar-refractivity contribution in [3.63, 3.8) is 0 Å². The molecular formula is C8H8IO2-. The van der Waals surface area contributed by atoms with Crippen molar-refractivity contribution in [2.75, 3.05) is 0 Å². The molecule has 0 bridgehead atoms. The Bertz CT molecular complexity index is 261. The molecule has 1 aliphatic heterocycles. The van der Waals surface area contributed by atoms with E-state index in [9.17, 15) is 4.79 Å². The second-order valence-electron chi connectivity index (χ2n) is 2.10. The van der Waals surface area contributed by atoms with E-state index in [2.05, 4.69) is 10.2 Å². The third-order valence-corrected chi connectivity index (χ3v) is 3.84. The Morgan fingerprint density at radius 1 is 1.73 bits per heavy atom. The molecular weight excluding hydrogens is 255 g/mol. The molecule has 1 rings (SSSR count). The van der Waals surface area contributed by atoms with E-state index in [1.807, 2.05) is 6.92 Å². The van der Waals surface area contributed by atoms with Crippen LogP contribution >= 0.6 is 0 Å². The number of hydrogen-bond donors (Lipinski definition) is 1. The molecule has 1 heterocycles. The molecule has 1 N–H and O–H groups in total. The topological polar surface area (TPSA) is 37.3 Å². The fraction of sp³-hybridized carbons (Fsp3) is 0.125. The van der Waals surface area contributed by atoms with E-state index in [1.165, 1.54) is 15.2 Å². The molecule has 0 amide bonds. The first-order chi connectivity index (χ1) is 5.20. The van der Waals surface area contributed by atoms with Gasteiger partial charge in [0.1, 0.15) is 0 Å². The number of halogens is 1. The summed E-state index contributed by atoms with van der Waals surface area (Å²) in [5, 5.41) is 8.34. The third-order valence-electron chi connectivity index (χ3n) is 1.24. The molecule has 0 atom stereocenters. The molecule has 11 heavy (non-hydrogen) atoms. The van der Waals surface area contributed by atoms with Gasteiger partial charge in [-0.25, -0.2) is 0 Å². The van der Waals surface area contributed by atoms with Crippen LogP contribution in [0.4, 0.5) is 0 Å². The van der Waals surface area contributed by atoms with E-state index in [0.717, 1.165) is 0 Å². The van der Waals surface area contributed by atoms with E-state index in [4.69, 9.17) is 5.11 Å². The first-order valence-electron chi connectivity index (χ1n) is 3.12. The van der Waals surface area contributed by atoms with Gasteiger partial charge in [0.15, 0.2) is 0 Å². The van der Waals surface area contributed by atoms with Gasteiger partial charge in [0.05, 0.1) is 0 Å². The molecule has 0 aliphatic carbocycles. The number of allylic oxidation sites excluding steroid dienone is 4. The van der Waals surface area contributed by atoms with Gasteiger partial charge in [-0.1, -0.05) is 0 Å². The van der Waals surface area contributed by atoms with Crippen LogP contribution in [0.25, 0.3) is 0 Å². The average molecular weight is 263 g/mol. The van der Waals surface area contributed by atoms with Gasteiger partial charge in [0.25, 0.3) is 0 Å². The summed E-state index contributed by atoms with van der Waals surface area (Å²) in [6.45, 7) is 2.00. The Balaban J connectivity index is 2.65. The van der Waals surface area contributed by atoms with Gasteiger partial charge >= 0.3 is 75.5 Å². The normalized spacial score (nSPS) is 17.5. The zero-order chi connectivity index (χ0) is 8.27. The summed E-state index contributed by atoms with van der Waals surface area (Å²) >= 11 is -0.0470. The van der Waals surface area contributed by atoms with Crippen LogP contribution in [0.1, 0.15) is 6.92 Å². The van der Waals surface area contributed by atoms with Gasteiger partial charge < -0.3 is 0 Å². The summed E-state index contributed by atoms with van der Waals surface area (Å²) in [5.74, 6) is -0.874. The van der Waals surface area contributed by atoms with Crippen molar-refractivity contribution >= 4 is 5.97 Å². The van der Waals surface area contributed by atoms with Crippen LogP contribution in [0, 0.1) is 0 Å². The molecule has 0 radical (unpaired) electrons. The van der Waals surface area contributed by atoms with E-state index in [-0.39, 0.29) is 21.2 Å². The number of rotatable bonds is 2. The molecule has 0 aromatic heterocycles. The summed E-state index contributed by atoms with van der Waals surface area (Å²) < 4.78 is 3.33. The molecule has 0 spiro atoms. The van der Waals surface area contributed by atoms with Crippen molar-refractivity contribution in [1.29, 1.82) is 0 Å². The molecule has 60 valence electrons. The zero-order valence-corrected chi connectivity index (χ0v) is 8.20. The molecule has 0 aromatic carbocycles. The molecule has 0 aromatic rings. The second-order valence-corrected chi connectivity index (χ2v) is 4.61. The van der Waals surface area contributed by atoms with Crippen molar-refractivity contribution in [3.05, 3.63) is 31.5 Å². The van der Waals surface area contributed by atoms with E-state index < -0.39 is 5.97 Å². The Labute approximate surface area is 75.6 Å². The van der Waals surface area contributed by atoms with Crippen LogP contribution in [0.15, 0.2) is 31.5 Å². The van der Waals surface area contributed by atoms with Crippen LogP contribution in [0.3, 0.4) is 0 Å². The first kappa shape index (κ1) is 8.52. The first-order valence-corrected chi connectivity index (χ1v) is 5.44. The van der Waals surface area contributed by atoms with E-state index in [0.29, 0.717) is 0 Å². The van der Waals surface area contributed by atoms with Crippen molar-refractivity contribution in [1.82, 2.24) is 0 Å². The van der Waals surface area contributed by atoms with E-state index in [1.54, 1.807) is 6.08 Å². The number of aliphatic carboxylic acids is 1. The molecule has 3 heteroatoms. The Morgan fingerprint density at radius 3 is 2.91 bits per heavy atom. The summed E-state index contributed by atoms with van der Waals surface area (Å²) in [4.78, 5) is 10.1. The van der Waals surface area contributed by atoms with Gasteiger partial charge in [-0.05, 0) is 0 Å². The number of hydrogen-bond acceptors (Lipinski definition) is 1. The van der Waals surface area contributed by atoms with Crippen molar-refractivity contribution in [2.24, 2.45) is 0 Å². The molecule has 1 aliphatic rings. The summed E-state index contributed by atoms with van der Waals surface area (Å²) in [6.07, 6.45) is 4.95. The van der Waals surface area contributed by atoms with Gasteiger partial charge in [-0.2, -0.15) is 0 Å². The van der Waals surface area contributed by atoms with Crippen molar-refractivity contribution < 1.29 is 31.1 Å². The van der Waals surface area contributed by atoms with Gasteiger partial charge in [0.2, 0.25) is 0 Å². The zero-order valence-electron chi connectivity index (χ0n) is 6.04. The molecule has 0 fully saturated rings. The predicted octanol–water partition coefficient (Wildman–Crippen LogP) is -1.48. The Hall–Kier alpha value is -0.580. The van der Waals surface area contributed by atoms with E-state index >= 15 is 0 Å². The van der Waals surface area contributed by atoms with Crippen LogP contribution in [-0.4, -0.2) is 11.1 Å². The minimum absolute atomic E-state index is 0.0470. The summed E-state index contributed by atoms with van der Waals surface area (Å²) in [7, 11) is 0. The number of carbonyl (C=O) groups is 1. The number of carboxylic acids is 1. The van der Waals surface area contributed by atoms with Crippen molar-refractivity contribution in [2.45, 2.75) is 6.92 Å². The Morgan fingerprint density at radius 2 is 2.45 bits per heavy atom. The van der Waals surface area contributed by atoms with Gasteiger partial charge in [-0.15, -0.1) is 0 Å². The standard InChI is InChI=1S/C8H8IO2/c1-6-4-5-9-7(6)2-3-8(10)11/h2-5H,1H3,(H,10,11)/q-1/b3-2-. The SMILES string of the molecule is CC1=C(/C=C\C(=O)O)[I-]C=C1. The monoisotopic (exact) mass is 263 g/mol. The summed E-state index contributed by atoms with van der Waals surface area (Å²) in [6, 6.07) is 0. The maximum atomic E-state index is 10.1. The predicted molar refractivity (Wildman–Crippen MR) is 38.6 cm³/mol. The van der Waals surface area contributed by atoms with Crippen LogP contribution in [-0.2, 0) is 4.79 Å². The second kappa shape index (κ2) is 3.71. The number of carboxylic acid groups (broad SMARTS) is 1. The fourth-order valence-electron chi connectivity index (χ4n) is 0.672. The average Bonchev–Trinajstić information content (AvgIpc) is 2.31. The van der Waals surface area contributed by atoms with Gasteiger partial charge in [-0.3, -0.25) is 0 Å². The Kier molecular flexibility index (Phi) is 2.87. The summed E-state index contributed by atoms with van der Waals surface area (Å²) in [5.41, 5.74) is 1.20. The molecule has 0 saturated heterocycles. The third kappa shape index (κ3) is 2.49. The van der Waals surface area contributed by atoms with Crippen LogP contribution in [0.5, 0.6) is 0 Å². The minimum atomic E-state index is -0.874. The van der Waals surface area contributed by atoms with Crippen molar-refractivity contribution in [3.8, 4) is 0 Å². The molecule has 2 nitrogen and oxygen atoms in total. The molecule has 0 unspecified atom stereocenters.